The Kier molecular flexibility index (Phi) is 5.47. The normalized spacial score (nSPS) is 15.4. The molecule has 6 aromatic rings. The van der Waals surface area contributed by atoms with Crippen molar-refractivity contribution in [2.75, 3.05) is 13.2 Å². The number of ether oxygens (including phenoxy) is 1. The van der Waals surface area contributed by atoms with E-state index in [9.17, 15) is 0 Å². The molecular formula is C28H27N9O. The second-order valence-electron chi connectivity index (χ2n) is 9.90. The minimum absolute atomic E-state index is 0.103. The van der Waals surface area contributed by atoms with Gasteiger partial charge in [-0.1, -0.05) is 41.6 Å². The van der Waals surface area contributed by atoms with Gasteiger partial charge >= 0.3 is 0 Å². The standard InChI is InChI=1S/C28H27N9O/c1-17-26(36(2)35-30-17)21-15-24-25(29-16-21)22-9-8-20(28-31-33-34-32-28)14-23(22)37(24)27(18-6-4-3-5-7-18)19-10-12-38-13-11-19/h3-9,14-16,19,27H,10-13H2,1-2H3,(H,31,32,33,34)/t27-/m1/s1. The summed E-state index contributed by atoms with van der Waals surface area (Å²) in [4.78, 5) is 5.02. The summed E-state index contributed by atoms with van der Waals surface area (Å²) in [5.74, 6) is 1.04. The smallest absolute Gasteiger partial charge is 0.179 e. The number of aromatic nitrogens is 9. The molecule has 0 unspecified atom stereocenters. The molecule has 0 spiro atoms. The summed E-state index contributed by atoms with van der Waals surface area (Å²) in [5, 5.41) is 24.2. The van der Waals surface area contributed by atoms with Crippen LogP contribution in [-0.2, 0) is 11.8 Å². The Balaban J connectivity index is 1.55. The Morgan fingerprint density at radius 1 is 0.974 bits per heavy atom. The van der Waals surface area contributed by atoms with Gasteiger partial charge in [0.25, 0.3) is 0 Å². The lowest BCUT2D eigenvalue weighted by molar-refractivity contribution is 0.0553. The highest BCUT2D eigenvalue weighted by atomic mass is 16.5. The summed E-state index contributed by atoms with van der Waals surface area (Å²) in [6.07, 6.45) is 3.91. The fraction of sp³-hybridized carbons (Fsp3) is 0.286. The van der Waals surface area contributed by atoms with Crippen molar-refractivity contribution in [1.29, 1.82) is 0 Å². The minimum atomic E-state index is 0.103. The molecule has 5 heterocycles. The molecule has 1 aliphatic rings. The van der Waals surface area contributed by atoms with Crippen LogP contribution >= 0.6 is 0 Å². The number of rotatable bonds is 5. The molecule has 0 saturated carbocycles. The van der Waals surface area contributed by atoms with E-state index in [0.29, 0.717) is 11.7 Å². The van der Waals surface area contributed by atoms with E-state index in [4.69, 9.17) is 9.72 Å². The lowest BCUT2D eigenvalue weighted by atomic mass is 9.86. The van der Waals surface area contributed by atoms with Crippen LogP contribution in [0, 0.1) is 12.8 Å². The summed E-state index contributed by atoms with van der Waals surface area (Å²) < 4.78 is 10.1. The molecule has 1 aliphatic heterocycles. The van der Waals surface area contributed by atoms with Crippen LogP contribution in [0.15, 0.2) is 60.8 Å². The topological polar surface area (TPSA) is 112 Å². The molecule has 2 aromatic carbocycles. The van der Waals surface area contributed by atoms with Gasteiger partial charge < -0.3 is 9.30 Å². The minimum Gasteiger partial charge on any atom is -0.381 e. The SMILES string of the molecule is Cc1nnn(C)c1-c1cnc2c3ccc(-c4nnn[nH]4)cc3n([C@H](c3ccccc3)C3CCOCC3)c2c1. The Hall–Kier alpha value is -4.44. The van der Waals surface area contributed by atoms with Gasteiger partial charge in [-0.25, -0.2) is 9.78 Å². The highest BCUT2D eigenvalue weighted by molar-refractivity contribution is 6.07. The average molecular weight is 506 g/mol. The number of H-pyrrole nitrogens is 1. The molecule has 1 atom stereocenters. The summed E-state index contributed by atoms with van der Waals surface area (Å²) in [6.45, 7) is 3.52. The highest BCUT2D eigenvalue weighted by Gasteiger charge is 2.30. The Morgan fingerprint density at radius 3 is 2.53 bits per heavy atom. The third-order valence-corrected chi connectivity index (χ3v) is 7.66. The third-order valence-electron chi connectivity index (χ3n) is 7.66. The second-order valence-corrected chi connectivity index (χ2v) is 9.90. The zero-order valence-electron chi connectivity index (χ0n) is 21.2. The van der Waals surface area contributed by atoms with Crippen molar-refractivity contribution in [3.8, 4) is 22.6 Å². The van der Waals surface area contributed by atoms with E-state index in [-0.39, 0.29) is 6.04 Å². The van der Waals surface area contributed by atoms with Crippen molar-refractivity contribution in [1.82, 2.24) is 45.2 Å². The van der Waals surface area contributed by atoms with E-state index < -0.39 is 0 Å². The average Bonchev–Trinajstić information content (AvgIpc) is 3.69. The molecule has 38 heavy (non-hydrogen) atoms. The number of hydrogen-bond acceptors (Lipinski definition) is 7. The van der Waals surface area contributed by atoms with Crippen LogP contribution in [0.5, 0.6) is 0 Å². The van der Waals surface area contributed by atoms with Crippen molar-refractivity contribution in [3.05, 3.63) is 72.1 Å². The van der Waals surface area contributed by atoms with Gasteiger partial charge in [-0.3, -0.25) is 4.98 Å². The van der Waals surface area contributed by atoms with Gasteiger partial charge in [0.2, 0.25) is 0 Å². The van der Waals surface area contributed by atoms with Gasteiger partial charge in [0.15, 0.2) is 5.82 Å². The number of nitrogens with zero attached hydrogens (tertiary/aromatic N) is 8. The summed E-state index contributed by atoms with van der Waals surface area (Å²) in [7, 11) is 1.92. The Labute approximate surface area is 218 Å². The number of pyridine rings is 1. The summed E-state index contributed by atoms with van der Waals surface area (Å²) in [5.41, 5.74) is 8.17. The lowest BCUT2D eigenvalue weighted by Gasteiger charge is -2.33. The van der Waals surface area contributed by atoms with Gasteiger partial charge in [-0.2, -0.15) is 0 Å². The molecule has 1 N–H and O–H groups in total. The maximum absolute atomic E-state index is 5.78. The Bertz CT molecular complexity index is 1710. The first-order chi connectivity index (χ1) is 18.7. The first-order valence-electron chi connectivity index (χ1n) is 12.9. The van der Waals surface area contributed by atoms with Crippen LogP contribution < -0.4 is 0 Å². The number of nitrogens with one attached hydrogen (secondary N) is 1. The van der Waals surface area contributed by atoms with Crippen LogP contribution in [0.25, 0.3) is 44.6 Å². The van der Waals surface area contributed by atoms with Crippen LogP contribution in [0.1, 0.15) is 30.1 Å². The first kappa shape index (κ1) is 22.7. The zero-order valence-corrected chi connectivity index (χ0v) is 21.2. The second kappa shape index (κ2) is 9.14. The monoisotopic (exact) mass is 505 g/mol. The van der Waals surface area contributed by atoms with E-state index in [0.717, 1.165) is 70.5 Å². The number of aryl methyl sites for hydroxylation is 2. The molecule has 4 aromatic heterocycles. The van der Waals surface area contributed by atoms with E-state index >= 15 is 0 Å². The molecule has 1 saturated heterocycles. The van der Waals surface area contributed by atoms with Gasteiger partial charge in [0.1, 0.15) is 0 Å². The molecular weight excluding hydrogens is 478 g/mol. The van der Waals surface area contributed by atoms with Crippen molar-refractivity contribution in [3.63, 3.8) is 0 Å². The van der Waals surface area contributed by atoms with E-state index in [2.05, 4.69) is 84.0 Å². The maximum Gasteiger partial charge on any atom is 0.179 e. The van der Waals surface area contributed by atoms with Crippen LogP contribution in [-0.4, -0.2) is 58.4 Å². The van der Waals surface area contributed by atoms with E-state index in [1.54, 1.807) is 0 Å². The number of aromatic amines is 1. The molecule has 7 rings (SSSR count). The molecule has 0 aliphatic carbocycles. The zero-order chi connectivity index (χ0) is 25.6. The van der Waals surface area contributed by atoms with Crippen molar-refractivity contribution in [2.45, 2.75) is 25.8 Å². The van der Waals surface area contributed by atoms with E-state index in [1.807, 2.05) is 30.9 Å². The molecule has 10 heteroatoms. The van der Waals surface area contributed by atoms with Crippen molar-refractivity contribution < 1.29 is 4.74 Å². The highest BCUT2D eigenvalue weighted by Crippen LogP contribution is 2.41. The largest absolute Gasteiger partial charge is 0.381 e. The molecule has 0 radical (unpaired) electrons. The lowest BCUT2D eigenvalue weighted by Crippen LogP contribution is -2.26. The van der Waals surface area contributed by atoms with Gasteiger partial charge in [0, 0.05) is 43.0 Å². The van der Waals surface area contributed by atoms with Crippen LogP contribution in [0.2, 0.25) is 0 Å². The molecule has 10 nitrogen and oxygen atoms in total. The molecule has 1 fully saturated rings. The van der Waals surface area contributed by atoms with Gasteiger partial charge in [0.05, 0.1) is 34.0 Å². The fourth-order valence-corrected chi connectivity index (χ4v) is 5.93. The third kappa shape index (κ3) is 3.67. The number of benzene rings is 2. The Morgan fingerprint density at radius 2 is 1.79 bits per heavy atom. The summed E-state index contributed by atoms with van der Waals surface area (Å²) in [6, 6.07) is 19.5. The summed E-state index contributed by atoms with van der Waals surface area (Å²) >= 11 is 0. The number of tetrazole rings is 1. The maximum atomic E-state index is 5.78. The van der Waals surface area contributed by atoms with Gasteiger partial charge in [-0.15, -0.1) is 10.2 Å². The number of fused-ring (bicyclic) bond motifs is 3. The predicted octanol–water partition coefficient (Wildman–Crippen LogP) is 4.49. The fourth-order valence-electron chi connectivity index (χ4n) is 5.93. The van der Waals surface area contributed by atoms with Crippen LogP contribution in [0.3, 0.4) is 0 Å². The molecule has 0 amide bonds. The first-order valence-corrected chi connectivity index (χ1v) is 12.9. The number of hydrogen-bond donors (Lipinski definition) is 1. The molecule has 0 bridgehead atoms. The van der Waals surface area contributed by atoms with Crippen molar-refractivity contribution >= 4 is 21.9 Å². The molecule has 190 valence electrons. The predicted molar refractivity (Wildman–Crippen MR) is 143 cm³/mol. The van der Waals surface area contributed by atoms with Crippen molar-refractivity contribution in [2.24, 2.45) is 13.0 Å². The van der Waals surface area contributed by atoms with E-state index in [1.165, 1.54) is 5.56 Å². The van der Waals surface area contributed by atoms with Crippen LogP contribution in [0.4, 0.5) is 0 Å². The quantitative estimate of drug-likeness (QED) is 0.367. The van der Waals surface area contributed by atoms with Gasteiger partial charge in [-0.05, 0) is 59.9 Å².